The summed E-state index contributed by atoms with van der Waals surface area (Å²) in [5, 5.41) is 3.39. The van der Waals surface area contributed by atoms with Crippen molar-refractivity contribution in [2.75, 3.05) is 19.8 Å². The molecule has 2 saturated carbocycles. The molecule has 164 valence electrons. The minimum Gasteiger partial charge on any atom is -0.486 e. The van der Waals surface area contributed by atoms with Crippen LogP contribution in [0.4, 0.5) is 4.39 Å². The van der Waals surface area contributed by atoms with Crippen LogP contribution < -0.4 is 14.8 Å². The van der Waals surface area contributed by atoms with Gasteiger partial charge >= 0.3 is 0 Å². The zero-order chi connectivity index (χ0) is 21.3. The smallest absolute Gasteiger partial charge is 0.234 e. The molecule has 2 aromatic carbocycles. The summed E-state index contributed by atoms with van der Waals surface area (Å²) in [5.41, 5.74) is 1.78. The van der Waals surface area contributed by atoms with Crippen molar-refractivity contribution in [1.82, 2.24) is 10.2 Å². The van der Waals surface area contributed by atoms with Crippen molar-refractivity contribution in [3.63, 3.8) is 0 Å². The standard InChI is InChI=1S/C25H29FN2O3/c26-20-6-3-18(4-7-20)16-28(21-8-9-21)17-24(29)27-25(11-1-2-12-25)19-5-10-22-23(15-19)31-14-13-30-22/h3-7,10,15,21H,1-2,8-9,11-14,16-17H2,(H,27,29). The van der Waals surface area contributed by atoms with E-state index in [0.717, 1.165) is 61.2 Å². The van der Waals surface area contributed by atoms with Gasteiger partial charge in [-0.15, -0.1) is 0 Å². The fourth-order valence-electron chi connectivity index (χ4n) is 4.87. The Kier molecular flexibility index (Phi) is 5.57. The third-order valence-corrected chi connectivity index (χ3v) is 6.64. The fourth-order valence-corrected chi connectivity index (χ4v) is 4.87. The maximum absolute atomic E-state index is 13.2. The molecule has 0 aromatic heterocycles. The first-order chi connectivity index (χ1) is 15.1. The molecule has 1 amide bonds. The summed E-state index contributed by atoms with van der Waals surface area (Å²) >= 11 is 0. The van der Waals surface area contributed by atoms with Gasteiger partial charge in [0.1, 0.15) is 19.0 Å². The number of nitrogens with zero attached hydrogens (tertiary/aromatic N) is 1. The van der Waals surface area contributed by atoms with Crippen LogP contribution in [0.25, 0.3) is 0 Å². The van der Waals surface area contributed by atoms with Crippen LogP contribution in [0.5, 0.6) is 11.5 Å². The Bertz CT molecular complexity index is 936. The minimum atomic E-state index is -0.349. The summed E-state index contributed by atoms with van der Waals surface area (Å²) in [7, 11) is 0. The first kappa shape index (κ1) is 20.3. The lowest BCUT2D eigenvalue weighted by molar-refractivity contribution is -0.124. The predicted octanol–water partition coefficient (Wildman–Crippen LogP) is 4.15. The number of hydrogen-bond acceptors (Lipinski definition) is 4. The molecule has 5 nitrogen and oxygen atoms in total. The van der Waals surface area contributed by atoms with E-state index in [1.54, 1.807) is 12.1 Å². The average molecular weight is 425 g/mol. The molecule has 2 fully saturated rings. The lowest BCUT2D eigenvalue weighted by Gasteiger charge is -2.33. The lowest BCUT2D eigenvalue weighted by Crippen LogP contribution is -2.48. The molecule has 1 heterocycles. The monoisotopic (exact) mass is 424 g/mol. The van der Waals surface area contributed by atoms with Crippen LogP contribution in [0.3, 0.4) is 0 Å². The van der Waals surface area contributed by atoms with E-state index in [2.05, 4.69) is 16.3 Å². The number of hydrogen-bond donors (Lipinski definition) is 1. The van der Waals surface area contributed by atoms with E-state index < -0.39 is 0 Å². The normalized spacial score (nSPS) is 19.4. The summed E-state index contributed by atoms with van der Waals surface area (Å²) in [6.07, 6.45) is 6.27. The maximum atomic E-state index is 13.2. The van der Waals surface area contributed by atoms with Crippen molar-refractivity contribution in [3.8, 4) is 11.5 Å². The summed E-state index contributed by atoms with van der Waals surface area (Å²) in [6.45, 7) is 2.14. The van der Waals surface area contributed by atoms with Gasteiger partial charge in [-0.05, 0) is 61.1 Å². The van der Waals surface area contributed by atoms with E-state index >= 15 is 0 Å². The van der Waals surface area contributed by atoms with Crippen LogP contribution in [0.1, 0.15) is 49.7 Å². The quantitative estimate of drug-likeness (QED) is 0.726. The molecule has 3 aliphatic rings. The Morgan fingerprint density at radius 1 is 1.03 bits per heavy atom. The van der Waals surface area contributed by atoms with Gasteiger partial charge in [0.15, 0.2) is 11.5 Å². The van der Waals surface area contributed by atoms with Crippen molar-refractivity contribution in [2.45, 2.75) is 56.7 Å². The average Bonchev–Trinajstić information content (AvgIpc) is 3.53. The number of carbonyl (C=O) groups excluding carboxylic acids is 1. The molecular weight excluding hydrogens is 395 g/mol. The van der Waals surface area contributed by atoms with Gasteiger partial charge in [-0.3, -0.25) is 9.69 Å². The van der Waals surface area contributed by atoms with Crippen LogP contribution in [-0.2, 0) is 16.9 Å². The number of rotatable bonds is 7. The highest BCUT2D eigenvalue weighted by atomic mass is 19.1. The maximum Gasteiger partial charge on any atom is 0.234 e. The number of amides is 1. The Balaban J connectivity index is 1.30. The van der Waals surface area contributed by atoms with Crippen LogP contribution in [-0.4, -0.2) is 36.6 Å². The van der Waals surface area contributed by atoms with Gasteiger partial charge in [-0.25, -0.2) is 4.39 Å². The van der Waals surface area contributed by atoms with Crippen molar-refractivity contribution >= 4 is 5.91 Å². The zero-order valence-corrected chi connectivity index (χ0v) is 17.7. The molecule has 2 aromatic rings. The molecule has 0 saturated heterocycles. The van der Waals surface area contributed by atoms with Gasteiger partial charge in [0.05, 0.1) is 12.1 Å². The molecule has 0 atom stereocenters. The molecule has 2 aliphatic carbocycles. The van der Waals surface area contributed by atoms with E-state index in [1.165, 1.54) is 12.1 Å². The molecule has 31 heavy (non-hydrogen) atoms. The molecule has 6 heteroatoms. The van der Waals surface area contributed by atoms with E-state index in [-0.39, 0.29) is 17.3 Å². The van der Waals surface area contributed by atoms with Gasteiger partial charge in [0.25, 0.3) is 0 Å². The molecule has 0 radical (unpaired) electrons. The summed E-state index contributed by atoms with van der Waals surface area (Å²) < 4.78 is 24.7. The van der Waals surface area contributed by atoms with Gasteiger partial charge in [0, 0.05) is 12.6 Å². The molecule has 1 N–H and O–H groups in total. The number of nitrogens with one attached hydrogen (secondary N) is 1. The van der Waals surface area contributed by atoms with E-state index in [4.69, 9.17) is 9.47 Å². The summed E-state index contributed by atoms with van der Waals surface area (Å²) in [5.74, 6) is 1.35. The number of carbonyl (C=O) groups is 1. The molecule has 5 rings (SSSR count). The third kappa shape index (κ3) is 4.54. The Morgan fingerprint density at radius 2 is 1.74 bits per heavy atom. The van der Waals surface area contributed by atoms with Gasteiger partial charge < -0.3 is 14.8 Å². The second-order valence-electron chi connectivity index (χ2n) is 8.96. The van der Waals surface area contributed by atoms with E-state index in [0.29, 0.717) is 32.3 Å². The van der Waals surface area contributed by atoms with Crippen LogP contribution in [0, 0.1) is 5.82 Å². The first-order valence-electron chi connectivity index (χ1n) is 11.3. The van der Waals surface area contributed by atoms with Crippen molar-refractivity contribution in [3.05, 3.63) is 59.4 Å². The number of ether oxygens (including phenoxy) is 2. The van der Waals surface area contributed by atoms with E-state index in [9.17, 15) is 9.18 Å². The number of fused-ring (bicyclic) bond motifs is 1. The fraction of sp³-hybridized carbons (Fsp3) is 0.480. The second kappa shape index (κ2) is 8.50. The van der Waals surface area contributed by atoms with Gasteiger partial charge in [-0.1, -0.05) is 31.0 Å². The topological polar surface area (TPSA) is 50.8 Å². The highest BCUT2D eigenvalue weighted by molar-refractivity contribution is 5.79. The predicted molar refractivity (Wildman–Crippen MR) is 116 cm³/mol. The Morgan fingerprint density at radius 3 is 2.45 bits per heavy atom. The second-order valence-corrected chi connectivity index (χ2v) is 8.96. The lowest BCUT2D eigenvalue weighted by atomic mass is 9.87. The van der Waals surface area contributed by atoms with E-state index in [1.807, 2.05) is 12.1 Å². The van der Waals surface area contributed by atoms with Crippen LogP contribution in [0.2, 0.25) is 0 Å². The Labute approximate surface area is 182 Å². The number of halogens is 1. The summed E-state index contributed by atoms with van der Waals surface area (Å²) in [4.78, 5) is 15.4. The minimum absolute atomic E-state index is 0.0470. The molecule has 0 unspecified atom stereocenters. The largest absolute Gasteiger partial charge is 0.486 e. The first-order valence-corrected chi connectivity index (χ1v) is 11.3. The third-order valence-electron chi connectivity index (χ3n) is 6.64. The number of benzene rings is 2. The van der Waals surface area contributed by atoms with Crippen LogP contribution in [0.15, 0.2) is 42.5 Å². The van der Waals surface area contributed by atoms with Crippen LogP contribution >= 0.6 is 0 Å². The molecular formula is C25H29FN2O3. The molecule has 0 bridgehead atoms. The van der Waals surface area contributed by atoms with Gasteiger partial charge in [0.2, 0.25) is 5.91 Å². The van der Waals surface area contributed by atoms with Crippen molar-refractivity contribution in [1.29, 1.82) is 0 Å². The van der Waals surface area contributed by atoms with Crippen molar-refractivity contribution < 1.29 is 18.7 Å². The summed E-state index contributed by atoms with van der Waals surface area (Å²) in [6, 6.07) is 13.1. The highest BCUT2D eigenvalue weighted by Crippen LogP contribution is 2.42. The highest BCUT2D eigenvalue weighted by Gasteiger charge is 2.39. The molecule has 0 spiro atoms. The molecule has 1 aliphatic heterocycles. The van der Waals surface area contributed by atoms with Crippen molar-refractivity contribution in [2.24, 2.45) is 0 Å². The SMILES string of the molecule is O=C(CN(Cc1ccc(F)cc1)C1CC1)NC1(c2ccc3c(c2)OCCO3)CCCC1. The zero-order valence-electron chi connectivity index (χ0n) is 17.7. The van der Waals surface area contributed by atoms with Gasteiger partial charge in [-0.2, -0.15) is 0 Å². The Hall–Kier alpha value is -2.60.